The van der Waals surface area contributed by atoms with Crippen LogP contribution in [0.5, 0.6) is 0 Å². The van der Waals surface area contributed by atoms with Gasteiger partial charge in [-0.25, -0.2) is 0 Å². The van der Waals surface area contributed by atoms with Gasteiger partial charge in [0.25, 0.3) is 0 Å². The van der Waals surface area contributed by atoms with Gasteiger partial charge < -0.3 is 15.1 Å². The first-order valence-electron chi connectivity index (χ1n) is 10.6. The van der Waals surface area contributed by atoms with Crippen molar-refractivity contribution in [3.8, 4) is 0 Å². The van der Waals surface area contributed by atoms with Crippen LogP contribution in [0.1, 0.15) is 58.3 Å². The van der Waals surface area contributed by atoms with Gasteiger partial charge in [0.15, 0.2) is 0 Å². The van der Waals surface area contributed by atoms with Gasteiger partial charge in [-0.1, -0.05) is 13.3 Å². The Morgan fingerprint density at radius 2 is 1.67 bits per heavy atom. The summed E-state index contributed by atoms with van der Waals surface area (Å²) >= 11 is 0. The van der Waals surface area contributed by atoms with Gasteiger partial charge >= 0.3 is 0 Å². The number of amides is 2. The number of likely N-dealkylation sites (tertiary alicyclic amines) is 1. The molecule has 2 fully saturated rings. The molecule has 0 unspecified atom stereocenters. The summed E-state index contributed by atoms with van der Waals surface area (Å²) in [4.78, 5) is 29.0. The largest absolute Gasteiger partial charge is 0.372 e. The maximum atomic E-state index is 12.6. The molecule has 1 aromatic rings. The molecule has 27 heavy (non-hydrogen) atoms. The maximum Gasteiger partial charge on any atom is 0.227 e. The maximum absolute atomic E-state index is 12.6. The first-order chi connectivity index (χ1) is 13.2. The minimum Gasteiger partial charge on any atom is -0.372 e. The van der Waals surface area contributed by atoms with E-state index in [9.17, 15) is 9.59 Å². The molecule has 2 heterocycles. The first-order valence-corrected chi connectivity index (χ1v) is 10.6. The lowest BCUT2D eigenvalue weighted by Gasteiger charge is -2.31. The summed E-state index contributed by atoms with van der Waals surface area (Å²) in [6.07, 6.45) is 8.00. The Morgan fingerprint density at radius 1 is 1.00 bits per heavy atom. The minimum atomic E-state index is 0.00185. The fraction of sp³-hybridized carbons (Fsp3) is 0.636. The molecule has 0 radical (unpaired) electrons. The highest BCUT2D eigenvalue weighted by Gasteiger charge is 2.27. The van der Waals surface area contributed by atoms with Gasteiger partial charge in [-0.2, -0.15) is 0 Å². The van der Waals surface area contributed by atoms with E-state index >= 15 is 0 Å². The molecule has 148 valence electrons. The van der Waals surface area contributed by atoms with Gasteiger partial charge in [-0.3, -0.25) is 9.59 Å². The van der Waals surface area contributed by atoms with Gasteiger partial charge in [0.05, 0.1) is 0 Å². The fourth-order valence-corrected chi connectivity index (χ4v) is 4.03. The van der Waals surface area contributed by atoms with Crippen LogP contribution in [0, 0.1) is 5.92 Å². The first kappa shape index (κ1) is 19.7. The lowest BCUT2D eigenvalue weighted by molar-refractivity contribution is -0.134. The van der Waals surface area contributed by atoms with Crippen LogP contribution in [0.15, 0.2) is 24.3 Å². The second-order valence-electron chi connectivity index (χ2n) is 7.84. The lowest BCUT2D eigenvalue weighted by Crippen LogP contribution is -2.41. The quantitative estimate of drug-likeness (QED) is 0.821. The van der Waals surface area contributed by atoms with E-state index in [1.807, 2.05) is 17.0 Å². The molecule has 0 spiro atoms. The fourth-order valence-electron chi connectivity index (χ4n) is 4.03. The zero-order chi connectivity index (χ0) is 19.1. The summed E-state index contributed by atoms with van der Waals surface area (Å²) in [5, 5.41) is 3.06. The van der Waals surface area contributed by atoms with Crippen LogP contribution < -0.4 is 10.2 Å². The Labute approximate surface area is 163 Å². The monoisotopic (exact) mass is 371 g/mol. The van der Waals surface area contributed by atoms with Crippen LogP contribution in [0.2, 0.25) is 0 Å². The Kier molecular flexibility index (Phi) is 7.13. The molecular weight excluding hydrogens is 338 g/mol. The molecule has 0 saturated carbocycles. The lowest BCUT2D eigenvalue weighted by atomic mass is 9.95. The number of nitrogens with one attached hydrogen (secondary N) is 1. The van der Waals surface area contributed by atoms with Crippen LogP contribution in [-0.4, -0.2) is 42.9 Å². The minimum absolute atomic E-state index is 0.00185. The number of carbonyl (C=O) groups is 2. The topological polar surface area (TPSA) is 52.7 Å². The summed E-state index contributed by atoms with van der Waals surface area (Å²) in [5.41, 5.74) is 2.11. The zero-order valence-electron chi connectivity index (χ0n) is 16.6. The van der Waals surface area contributed by atoms with Crippen molar-refractivity contribution in [2.75, 3.05) is 36.4 Å². The van der Waals surface area contributed by atoms with E-state index < -0.39 is 0 Å². The number of rotatable bonds is 6. The van der Waals surface area contributed by atoms with Crippen molar-refractivity contribution >= 4 is 23.2 Å². The van der Waals surface area contributed by atoms with Gasteiger partial charge in [0.2, 0.25) is 11.8 Å². The summed E-state index contributed by atoms with van der Waals surface area (Å²) in [7, 11) is 0. The number of benzene rings is 1. The van der Waals surface area contributed by atoms with Gasteiger partial charge in [-0.15, -0.1) is 0 Å². The summed E-state index contributed by atoms with van der Waals surface area (Å²) < 4.78 is 0. The Hall–Kier alpha value is -2.04. The number of nitrogens with zero attached hydrogens (tertiary/aromatic N) is 2. The Bertz CT molecular complexity index is 615. The molecule has 5 nitrogen and oxygen atoms in total. The molecule has 0 aliphatic carbocycles. The SMILES string of the molecule is CCCCC(=O)N1CCC(C(=O)Nc2ccc(N3CCCCC3)cc2)CC1. The zero-order valence-corrected chi connectivity index (χ0v) is 16.6. The van der Waals surface area contributed by atoms with Crippen molar-refractivity contribution in [3.05, 3.63) is 24.3 Å². The van der Waals surface area contributed by atoms with Gasteiger partial charge in [-0.05, 0) is 62.8 Å². The van der Waals surface area contributed by atoms with Gasteiger partial charge in [0, 0.05) is 49.9 Å². The predicted molar refractivity (Wildman–Crippen MR) is 110 cm³/mol. The number of hydrogen-bond acceptors (Lipinski definition) is 3. The van der Waals surface area contributed by atoms with Crippen LogP contribution in [0.3, 0.4) is 0 Å². The molecule has 0 bridgehead atoms. The summed E-state index contributed by atoms with van der Waals surface area (Å²) in [6, 6.07) is 8.22. The number of piperidine rings is 2. The Balaban J connectivity index is 1.46. The Morgan fingerprint density at radius 3 is 2.30 bits per heavy atom. The van der Waals surface area contributed by atoms with Crippen molar-refractivity contribution in [2.24, 2.45) is 5.92 Å². The van der Waals surface area contributed by atoms with Gasteiger partial charge in [0.1, 0.15) is 0 Å². The molecule has 2 aliphatic heterocycles. The number of unbranched alkanes of at least 4 members (excludes halogenated alkanes) is 1. The van der Waals surface area contributed by atoms with E-state index in [1.54, 1.807) is 0 Å². The van der Waals surface area contributed by atoms with Crippen molar-refractivity contribution in [2.45, 2.75) is 58.3 Å². The molecule has 1 N–H and O–H groups in total. The third kappa shape index (κ3) is 5.47. The second-order valence-corrected chi connectivity index (χ2v) is 7.84. The van der Waals surface area contributed by atoms with E-state index in [4.69, 9.17) is 0 Å². The smallest absolute Gasteiger partial charge is 0.227 e. The van der Waals surface area contributed by atoms with Crippen LogP contribution in [-0.2, 0) is 9.59 Å². The molecule has 2 aliphatic rings. The standard InChI is InChI=1S/C22H33N3O2/c1-2-3-7-21(26)25-16-12-18(13-17-25)22(27)23-19-8-10-20(11-9-19)24-14-5-4-6-15-24/h8-11,18H,2-7,12-17H2,1H3,(H,23,27). The van der Waals surface area contributed by atoms with Crippen LogP contribution in [0.4, 0.5) is 11.4 Å². The average Bonchev–Trinajstić information content (AvgIpc) is 2.73. The van der Waals surface area contributed by atoms with Crippen LogP contribution >= 0.6 is 0 Å². The molecule has 2 saturated heterocycles. The highest BCUT2D eigenvalue weighted by atomic mass is 16.2. The summed E-state index contributed by atoms with van der Waals surface area (Å²) in [5.74, 6) is 0.326. The van der Waals surface area contributed by atoms with Crippen molar-refractivity contribution in [1.29, 1.82) is 0 Å². The van der Waals surface area contributed by atoms with E-state index in [-0.39, 0.29) is 17.7 Å². The molecule has 3 rings (SSSR count). The van der Waals surface area contributed by atoms with Crippen molar-refractivity contribution in [3.63, 3.8) is 0 Å². The number of anilines is 2. The molecular formula is C22H33N3O2. The normalized spacial score (nSPS) is 18.4. The van der Waals surface area contributed by atoms with E-state index in [0.717, 1.165) is 44.5 Å². The van der Waals surface area contributed by atoms with Crippen LogP contribution in [0.25, 0.3) is 0 Å². The molecule has 5 heteroatoms. The average molecular weight is 372 g/mol. The third-order valence-corrected chi connectivity index (χ3v) is 5.82. The molecule has 0 aromatic heterocycles. The number of hydrogen-bond donors (Lipinski definition) is 1. The third-order valence-electron chi connectivity index (χ3n) is 5.82. The highest BCUT2D eigenvalue weighted by molar-refractivity contribution is 5.93. The highest BCUT2D eigenvalue weighted by Crippen LogP contribution is 2.24. The number of carbonyl (C=O) groups excluding carboxylic acids is 2. The van der Waals surface area contributed by atoms with E-state index in [2.05, 4.69) is 29.3 Å². The molecule has 0 atom stereocenters. The predicted octanol–water partition coefficient (Wildman–Crippen LogP) is 4.04. The van der Waals surface area contributed by atoms with Crippen molar-refractivity contribution in [1.82, 2.24) is 4.90 Å². The summed E-state index contributed by atoms with van der Waals surface area (Å²) in [6.45, 7) is 5.76. The van der Waals surface area contributed by atoms with Crippen molar-refractivity contribution < 1.29 is 9.59 Å². The van der Waals surface area contributed by atoms with E-state index in [1.165, 1.54) is 24.9 Å². The molecule has 2 amide bonds. The molecule has 1 aromatic carbocycles. The second kappa shape index (κ2) is 9.77. The van der Waals surface area contributed by atoms with E-state index in [0.29, 0.717) is 19.5 Å².